The molecule has 94 valence electrons. The number of pyridine rings is 1. The lowest BCUT2D eigenvalue weighted by Crippen LogP contribution is -2.11. The number of nitrogens with one attached hydrogen (secondary N) is 1. The molecule has 0 saturated heterocycles. The molecule has 0 radical (unpaired) electrons. The Kier molecular flexibility index (Phi) is 4.31. The molecule has 1 aromatic carbocycles. The molecule has 2 rings (SSSR count). The first-order valence-electron chi connectivity index (χ1n) is 6.09. The Morgan fingerprint density at radius 3 is 2.56 bits per heavy atom. The summed E-state index contributed by atoms with van der Waals surface area (Å²) >= 11 is 0. The molecule has 0 bridgehead atoms. The number of aromatic nitrogens is 1. The second-order valence-electron chi connectivity index (χ2n) is 4.19. The SMILES string of the molecule is CNC(C)c1ccc(OCc2ccccn2)cc1. The number of hydrogen-bond donors (Lipinski definition) is 1. The maximum absolute atomic E-state index is 5.68. The van der Waals surface area contributed by atoms with Crippen molar-refractivity contribution in [2.75, 3.05) is 7.05 Å². The summed E-state index contributed by atoms with van der Waals surface area (Å²) in [5.41, 5.74) is 2.19. The standard InChI is InChI=1S/C15H18N2O/c1-12(16-2)13-6-8-15(9-7-13)18-11-14-5-3-4-10-17-14/h3-10,12,16H,11H2,1-2H3. The molecule has 1 heterocycles. The van der Waals surface area contributed by atoms with Crippen molar-refractivity contribution in [2.24, 2.45) is 0 Å². The zero-order valence-corrected chi connectivity index (χ0v) is 10.8. The summed E-state index contributed by atoms with van der Waals surface area (Å²) in [6.45, 7) is 2.63. The highest BCUT2D eigenvalue weighted by atomic mass is 16.5. The first kappa shape index (κ1) is 12.6. The molecule has 1 aromatic heterocycles. The molecule has 0 aliphatic rings. The van der Waals surface area contributed by atoms with E-state index in [1.54, 1.807) is 6.20 Å². The first-order chi connectivity index (χ1) is 8.79. The van der Waals surface area contributed by atoms with E-state index in [0.29, 0.717) is 12.6 Å². The minimum absolute atomic E-state index is 0.356. The van der Waals surface area contributed by atoms with Gasteiger partial charge in [-0.1, -0.05) is 18.2 Å². The fourth-order valence-electron chi connectivity index (χ4n) is 1.66. The highest BCUT2D eigenvalue weighted by molar-refractivity contribution is 5.29. The van der Waals surface area contributed by atoms with Crippen LogP contribution in [0.1, 0.15) is 24.2 Å². The lowest BCUT2D eigenvalue weighted by molar-refractivity contribution is 0.301. The maximum Gasteiger partial charge on any atom is 0.130 e. The molecule has 0 fully saturated rings. The highest BCUT2D eigenvalue weighted by Crippen LogP contribution is 2.17. The molecule has 0 aliphatic heterocycles. The molecule has 0 spiro atoms. The van der Waals surface area contributed by atoms with Gasteiger partial charge in [-0.15, -0.1) is 0 Å². The van der Waals surface area contributed by atoms with E-state index in [0.717, 1.165) is 11.4 Å². The van der Waals surface area contributed by atoms with Crippen molar-refractivity contribution in [3.8, 4) is 5.75 Å². The largest absolute Gasteiger partial charge is 0.487 e. The Morgan fingerprint density at radius 1 is 1.17 bits per heavy atom. The molecule has 18 heavy (non-hydrogen) atoms. The van der Waals surface area contributed by atoms with E-state index in [-0.39, 0.29) is 0 Å². The van der Waals surface area contributed by atoms with E-state index in [9.17, 15) is 0 Å². The summed E-state index contributed by atoms with van der Waals surface area (Å²) < 4.78 is 5.68. The number of nitrogens with zero attached hydrogens (tertiary/aromatic N) is 1. The van der Waals surface area contributed by atoms with Crippen LogP contribution in [0, 0.1) is 0 Å². The molecular weight excluding hydrogens is 224 g/mol. The fourth-order valence-corrected chi connectivity index (χ4v) is 1.66. The molecule has 0 saturated carbocycles. The summed E-state index contributed by atoms with van der Waals surface area (Å²) in [6, 6.07) is 14.3. The summed E-state index contributed by atoms with van der Waals surface area (Å²) in [5, 5.41) is 3.21. The zero-order valence-electron chi connectivity index (χ0n) is 10.8. The molecule has 1 unspecified atom stereocenters. The number of rotatable bonds is 5. The van der Waals surface area contributed by atoms with Gasteiger partial charge in [-0.25, -0.2) is 0 Å². The van der Waals surface area contributed by atoms with Crippen LogP contribution >= 0.6 is 0 Å². The van der Waals surface area contributed by atoms with E-state index in [1.165, 1.54) is 5.56 Å². The Hall–Kier alpha value is -1.87. The van der Waals surface area contributed by atoms with E-state index >= 15 is 0 Å². The lowest BCUT2D eigenvalue weighted by atomic mass is 10.1. The molecule has 2 aromatic rings. The van der Waals surface area contributed by atoms with Crippen LogP contribution in [0.2, 0.25) is 0 Å². The molecule has 3 nitrogen and oxygen atoms in total. The van der Waals surface area contributed by atoms with E-state index in [1.807, 2.05) is 37.4 Å². The van der Waals surface area contributed by atoms with Gasteiger partial charge in [0.05, 0.1) is 5.69 Å². The van der Waals surface area contributed by atoms with Crippen LogP contribution in [0.5, 0.6) is 5.75 Å². The minimum Gasteiger partial charge on any atom is -0.487 e. The topological polar surface area (TPSA) is 34.1 Å². The van der Waals surface area contributed by atoms with Crippen molar-refractivity contribution in [1.82, 2.24) is 10.3 Å². The monoisotopic (exact) mass is 242 g/mol. The van der Waals surface area contributed by atoms with E-state index in [4.69, 9.17) is 4.74 Å². The fraction of sp³-hybridized carbons (Fsp3) is 0.267. The smallest absolute Gasteiger partial charge is 0.130 e. The van der Waals surface area contributed by atoms with Gasteiger partial charge in [0.25, 0.3) is 0 Å². The third-order valence-corrected chi connectivity index (χ3v) is 2.93. The van der Waals surface area contributed by atoms with Crippen LogP contribution in [0.4, 0.5) is 0 Å². The van der Waals surface area contributed by atoms with Gasteiger partial charge in [0.2, 0.25) is 0 Å². The Bertz CT molecular complexity index is 468. The van der Waals surface area contributed by atoms with E-state index in [2.05, 4.69) is 29.4 Å². The van der Waals surface area contributed by atoms with Gasteiger partial charge in [0.1, 0.15) is 12.4 Å². The van der Waals surface area contributed by atoms with Gasteiger partial charge in [-0.05, 0) is 43.8 Å². The maximum atomic E-state index is 5.68. The minimum atomic E-state index is 0.356. The van der Waals surface area contributed by atoms with Gasteiger partial charge in [0, 0.05) is 12.2 Å². The van der Waals surface area contributed by atoms with Gasteiger partial charge < -0.3 is 10.1 Å². The average Bonchev–Trinajstić information content (AvgIpc) is 2.46. The number of ether oxygens (including phenoxy) is 1. The van der Waals surface area contributed by atoms with Crippen molar-refractivity contribution in [3.05, 3.63) is 59.9 Å². The van der Waals surface area contributed by atoms with Crippen molar-refractivity contribution in [3.63, 3.8) is 0 Å². The van der Waals surface area contributed by atoms with Crippen LogP contribution in [-0.4, -0.2) is 12.0 Å². The van der Waals surface area contributed by atoms with Crippen molar-refractivity contribution >= 4 is 0 Å². The Morgan fingerprint density at radius 2 is 1.94 bits per heavy atom. The summed E-state index contributed by atoms with van der Waals surface area (Å²) in [7, 11) is 1.95. The first-order valence-corrected chi connectivity index (χ1v) is 6.09. The summed E-state index contributed by atoms with van der Waals surface area (Å²) in [6.07, 6.45) is 1.77. The average molecular weight is 242 g/mol. The van der Waals surface area contributed by atoms with Gasteiger partial charge in [-0.3, -0.25) is 4.98 Å². The molecule has 1 N–H and O–H groups in total. The quantitative estimate of drug-likeness (QED) is 0.875. The van der Waals surface area contributed by atoms with Gasteiger partial charge >= 0.3 is 0 Å². The predicted molar refractivity (Wildman–Crippen MR) is 72.5 cm³/mol. The van der Waals surface area contributed by atoms with Crippen LogP contribution in [-0.2, 0) is 6.61 Å². The molecule has 0 aliphatic carbocycles. The van der Waals surface area contributed by atoms with Gasteiger partial charge in [-0.2, -0.15) is 0 Å². The third kappa shape index (κ3) is 3.31. The highest BCUT2D eigenvalue weighted by Gasteiger charge is 2.02. The van der Waals surface area contributed by atoms with E-state index < -0.39 is 0 Å². The van der Waals surface area contributed by atoms with Crippen molar-refractivity contribution in [2.45, 2.75) is 19.6 Å². The normalized spacial score (nSPS) is 12.1. The van der Waals surface area contributed by atoms with Crippen LogP contribution in [0.3, 0.4) is 0 Å². The molecule has 3 heteroatoms. The lowest BCUT2D eigenvalue weighted by Gasteiger charge is -2.11. The van der Waals surface area contributed by atoms with Crippen molar-refractivity contribution < 1.29 is 4.74 Å². The summed E-state index contributed by atoms with van der Waals surface area (Å²) in [5.74, 6) is 0.868. The van der Waals surface area contributed by atoms with Crippen LogP contribution < -0.4 is 10.1 Å². The predicted octanol–water partition coefficient (Wildman–Crippen LogP) is 2.94. The van der Waals surface area contributed by atoms with Crippen LogP contribution in [0.15, 0.2) is 48.7 Å². The van der Waals surface area contributed by atoms with Gasteiger partial charge in [0.15, 0.2) is 0 Å². The molecule has 1 atom stereocenters. The Labute approximate surface area is 108 Å². The van der Waals surface area contributed by atoms with Crippen molar-refractivity contribution in [1.29, 1.82) is 0 Å². The number of benzene rings is 1. The Balaban J connectivity index is 1.94. The third-order valence-electron chi connectivity index (χ3n) is 2.93. The number of hydrogen-bond acceptors (Lipinski definition) is 3. The summed E-state index contributed by atoms with van der Waals surface area (Å²) in [4.78, 5) is 4.22. The molecule has 0 amide bonds. The second kappa shape index (κ2) is 6.17. The molecular formula is C15H18N2O. The second-order valence-corrected chi connectivity index (χ2v) is 4.19. The zero-order chi connectivity index (χ0) is 12.8. The van der Waals surface area contributed by atoms with Crippen LogP contribution in [0.25, 0.3) is 0 Å².